The number of nitrogens with one attached hydrogen (secondary N) is 1. The van der Waals surface area contributed by atoms with Crippen molar-refractivity contribution in [2.45, 2.75) is 58.9 Å². The van der Waals surface area contributed by atoms with Gasteiger partial charge in [-0.15, -0.1) is 0 Å². The van der Waals surface area contributed by atoms with Gasteiger partial charge in [-0.1, -0.05) is 51.7 Å². The lowest BCUT2D eigenvalue weighted by Crippen LogP contribution is -2.20. The quantitative estimate of drug-likeness (QED) is 0.695. The van der Waals surface area contributed by atoms with Gasteiger partial charge < -0.3 is 10.1 Å². The molecule has 0 heterocycles. The van der Waals surface area contributed by atoms with Crippen LogP contribution in [0.3, 0.4) is 0 Å². The molecule has 2 atom stereocenters. The van der Waals surface area contributed by atoms with Crippen LogP contribution in [0.2, 0.25) is 0 Å². The van der Waals surface area contributed by atoms with Crippen molar-refractivity contribution >= 4 is 0 Å². The summed E-state index contributed by atoms with van der Waals surface area (Å²) in [6.45, 7) is 6.68. The fourth-order valence-corrected chi connectivity index (χ4v) is 2.82. The molecule has 114 valence electrons. The number of hydrogen-bond acceptors (Lipinski definition) is 2. The van der Waals surface area contributed by atoms with Crippen molar-refractivity contribution in [3.63, 3.8) is 0 Å². The molecule has 0 aromatic heterocycles. The minimum atomic E-state index is 0.382. The number of benzene rings is 1. The summed E-state index contributed by atoms with van der Waals surface area (Å²) in [7, 11) is 3.82. The van der Waals surface area contributed by atoms with E-state index in [4.69, 9.17) is 4.74 Å². The zero-order valence-corrected chi connectivity index (χ0v) is 13.8. The van der Waals surface area contributed by atoms with Crippen molar-refractivity contribution in [3.05, 3.63) is 29.3 Å². The monoisotopic (exact) mass is 277 g/mol. The van der Waals surface area contributed by atoms with Crippen LogP contribution in [-0.2, 0) is 0 Å². The van der Waals surface area contributed by atoms with E-state index in [1.807, 2.05) is 0 Å². The van der Waals surface area contributed by atoms with Gasteiger partial charge in [-0.2, -0.15) is 0 Å². The summed E-state index contributed by atoms with van der Waals surface area (Å²) in [5, 5.41) is 3.47. The lowest BCUT2D eigenvalue weighted by molar-refractivity contribution is 0.350. The molecule has 0 saturated carbocycles. The van der Waals surface area contributed by atoms with Crippen LogP contribution in [0.25, 0.3) is 0 Å². The Morgan fingerprint density at radius 2 is 2.00 bits per heavy atom. The maximum absolute atomic E-state index is 5.57. The van der Waals surface area contributed by atoms with Crippen molar-refractivity contribution in [2.75, 3.05) is 14.2 Å². The van der Waals surface area contributed by atoms with Gasteiger partial charge in [-0.25, -0.2) is 0 Å². The van der Waals surface area contributed by atoms with Gasteiger partial charge in [0.1, 0.15) is 5.75 Å². The van der Waals surface area contributed by atoms with Gasteiger partial charge >= 0.3 is 0 Å². The number of hydrogen-bond donors (Lipinski definition) is 1. The lowest BCUT2D eigenvalue weighted by atomic mass is 9.88. The van der Waals surface area contributed by atoms with Gasteiger partial charge in [0.25, 0.3) is 0 Å². The van der Waals surface area contributed by atoms with Crippen LogP contribution in [0.5, 0.6) is 5.75 Å². The second-order valence-electron chi connectivity index (χ2n) is 5.74. The van der Waals surface area contributed by atoms with Gasteiger partial charge in [0, 0.05) is 11.6 Å². The third-order valence-corrected chi connectivity index (χ3v) is 4.23. The predicted octanol–water partition coefficient (Wildman–Crippen LogP) is 4.87. The summed E-state index contributed by atoms with van der Waals surface area (Å²) in [5.74, 6) is 1.80. The maximum atomic E-state index is 5.57. The van der Waals surface area contributed by atoms with E-state index in [1.165, 1.54) is 43.2 Å². The zero-order valence-electron chi connectivity index (χ0n) is 13.8. The first kappa shape index (κ1) is 17.0. The SMILES string of the molecule is CCCCC(CC)CC(NC)c1ccc(C)cc1OC. The molecule has 0 spiro atoms. The topological polar surface area (TPSA) is 21.3 Å². The fourth-order valence-electron chi connectivity index (χ4n) is 2.82. The Kier molecular flexibility index (Phi) is 7.68. The number of methoxy groups -OCH3 is 1. The van der Waals surface area contributed by atoms with E-state index in [9.17, 15) is 0 Å². The molecule has 0 aliphatic carbocycles. The molecule has 1 rings (SSSR count). The van der Waals surface area contributed by atoms with Crippen LogP contribution < -0.4 is 10.1 Å². The summed E-state index contributed by atoms with van der Waals surface area (Å²) >= 11 is 0. The summed E-state index contributed by atoms with van der Waals surface area (Å²) < 4.78 is 5.57. The van der Waals surface area contributed by atoms with E-state index in [0.717, 1.165) is 11.7 Å². The molecule has 1 aromatic carbocycles. The Hall–Kier alpha value is -1.02. The summed E-state index contributed by atoms with van der Waals surface area (Å²) in [6.07, 6.45) is 6.40. The van der Waals surface area contributed by atoms with Crippen molar-refractivity contribution in [1.82, 2.24) is 5.32 Å². The van der Waals surface area contributed by atoms with E-state index in [2.05, 4.69) is 51.3 Å². The fraction of sp³-hybridized carbons (Fsp3) is 0.667. The van der Waals surface area contributed by atoms with Crippen LogP contribution in [-0.4, -0.2) is 14.2 Å². The summed E-state index contributed by atoms with van der Waals surface area (Å²) in [6, 6.07) is 6.90. The van der Waals surface area contributed by atoms with Crippen molar-refractivity contribution < 1.29 is 4.74 Å². The molecular formula is C18H31NO. The molecule has 1 aromatic rings. The minimum Gasteiger partial charge on any atom is -0.496 e. The molecule has 0 fully saturated rings. The molecule has 2 unspecified atom stereocenters. The number of rotatable bonds is 9. The molecular weight excluding hydrogens is 246 g/mol. The standard InChI is InChI=1S/C18H31NO/c1-6-8-9-15(7-2)13-17(19-4)16-11-10-14(3)12-18(16)20-5/h10-12,15,17,19H,6-9,13H2,1-5H3. The third kappa shape index (κ3) is 4.82. The number of aryl methyl sites for hydroxylation is 1. The van der Waals surface area contributed by atoms with Crippen LogP contribution in [0.15, 0.2) is 18.2 Å². The Morgan fingerprint density at radius 3 is 2.55 bits per heavy atom. The molecule has 0 radical (unpaired) electrons. The first-order valence-corrected chi connectivity index (χ1v) is 7.97. The van der Waals surface area contributed by atoms with E-state index < -0.39 is 0 Å². The van der Waals surface area contributed by atoms with Crippen molar-refractivity contribution in [2.24, 2.45) is 5.92 Å². The molecule has 2 nitrogen and oxygen atoms in total. The predicted molar refractivity (Wildman–Crippen MR) is 87.5 cm³/mol. The Morgan fingerprint density at radius 1 is 1.25 bits per heavy atom. The molecule has 0 amide bonds. The highest BCUT2D eigenvalue weighted by molar-refractivity contribution is 5.39. The molecule has 20 heavy (non-hydrogen) atoms. The third-order valence-electron chi connectivity index (χ3n) is 4.23. The first-order valence-electron chi connectivity index (χ1n) is 7.97. The summed E-state index contributed by atoms with van der Waals surface area (Å²) in [4.78, 5) is 0. The Labute approximate surface area is 124 Å². The second kappa shape index (κ2) is 9.02. The second-order valence-corrected chi connectivity index (χ2v) is 5.74. The van der Waals surface area contributed by atoms with Gasteiger partial charge in [-0.05, 0) is 37.9 Å². The van der Waals surface area contributed by atoms with Crippen molar-refractivity contribution in [1.29, 1.82) is 0 Å². The summed E-state index contributed by atoms with van der Waals surface area (Å²) in [5.41, 5.74) is 2.54. The first-order chi connectivity index (χ1) is 9.65. The van der Waals surface area contributed by atoms with Crippen molar-refractivity contribution in [3.8, 4) is 5.75 Å². The molecule has 0 saturated heterocycles. The van der Waals surface area contributed by atoms with Gasteiger partial charge in [0.05, 0.1) is 7.11 Å². The normalized spacial score (nSPS) is 14.1. The molecule has 0 aliphatic rings. The average molecular weight is 277 g/mol. The maximum Gasteiger partial charge on any atom is 0.123 e. The van der Waals surface area contributed by atoms with Crippen LogP contribution >= 0.6 is 0 Å². The van der Waals surface area contributed by atoms with Crippen LogP contribution in [0.1, 0.15) is 63.1 Å². The van der Waals surface area contributed by atoms with E-state index in [1.54, 1.807) is 7.11 Å². The highest BCUT2D eigenvalue weighted by Crippen LogP contribution is 2.32. The molecule has 1 N–H and O–H groups in total. The van der Waals surface area contributed by atoms with Crippen LogP contribution in [0, 0.1) is 12.8 Å². The highest BCUT2D eigenvalue weighted by Gasteiger charge is 2.18. The number of ether oxygens (including phenoxy) is 1. The molecule has 2 heteroatoms. The van der Waals surface area contributed by atoms with E-state index in [0.29, 0.717) is 6.04 Å². The molecule has 0 bridgehead atoms. The average Bonchev–Trinajstić information content (AvgIpc) is 2.48. The van der Waals surface area contributed by atoms with Gasteiger partial charge in [-0.3, -0.25) is 0 Å². The van der Waals surface area contributed by atoms with E-state index in [-0.39, 0.29) is 0 Å². The highest BCUT2D eigenvalue weighted by atomic mass is 16.5. The van der Waals surface area contributed by atoms with E-state index >= 15 is 0 Å². The lowest BCUT2D eigenvalue weighted by Gasteiger charge is -2.24. The van der Waals surface area contributed by atoms with Crippen LogP contribution in [0.4, 0.5) is 0 Å². The molecule has 0 aliphatic heterocycles. The largest absolute Gasteiger partial charge is 0.496 e. The minimum absolute atomic E-state index is 0.382. The smallest absolute Gasteiger partial charge is 0.123 e. The Balaban J connectivity index is 2.84. The van der Waals surface area contributed by atoms with Gasteiger partial charge in [0.2, 0.25) is 0 Å². The van der Waals surface area contributed by atoms with Gasteiger partial charge in [0.15, 0.2) is 0 Å². The Bertz CT molecular complexity index is 389. The zero-order chi connectivity index (χ0) is 15.0. The number of unbranched alkanes of at least 4 members (excludes halogenated alkanes) is 1.